The van der Waals surface area contributed by atoms with E-state index in [1.54, 1.807) is 24.3 Å². The van der Waals surface area contributed by atoms with Crippen molar-refractivity contribution >= 4 is 32.9 Å². The van der Waals surface area contributed by atoms with Gasteiger partial charge in [0.2, 0.25) is 0 Å². The van der Waals surface area contributed by atoms with Gasteiger partial charge in [0.05, 0.1) is 9.99 Å². The molecule has 3 rings (SSSR count). The molecule has 0 aliphatic carbocycles. The normalized spacial score (nSPS) is 11.6. The molecule has 0 fully saturated rings. The molecule has 136 valence electrons. The highest BCUT2D eigenvalue weighted by molar-refractivity contribution is 9.10. The van der Waals surface area contributed by atoms with Crippen LogP contribution in [0.5, 0.6) is 17.2 Å². The molecule has 1 heterocycles. The molecule has 1 aromatic heterocycles. The van der Waals surface area contributed by atoms with Gasteiger partial charge in [0, 0.05) is 13.5 Å². The Hall–Kier alpha value is -2.41. The minimum atomic E-state index is -0.356. The number of rotatable bonds is 4. The third kappa shape index (κ3) is 4.22. The average molecular weight is 418 g/mol. The molecule has 7 heteroatoms. The monoisotopic (exact) mass is 417 g/mol. The first-order valence-corrected chi connectivity index (χ1v) is 9.00. The topological polar surface area (TPSA) is 66.2 Å². The third-order valence-corrected chi connectivity index (χ3v) is 4.29. The van der Waals surface area contributed by atoms with E-state index in [1.807, 2.05) is 16.8 Å². The number of carbonyl (C=O) groups is 1. The van der Waals surface area contributed by atoms with Crippen LogP contribution in [-0.4, -0.2) is 21.0 Å². The molecule has 0 radical (unpaired) electrons. The largest absolute Gasteiger partial charge is 0.456 e. The van der Waals surface area contributed by atoms with Gasteiger partial charge in [0.25, 0.3) is 0 Å². The zero-order chi connectivity index (χ0) is 18.9. The number of aromatic nitrogens is 3. The van der Waals surface area contributed by atoms with Crippen molar-refractivity contribution in [3.63, 3.8) is 0 Å². The van der Waals surface area contributed by atoms with Crippen molar-refractivity contribution in [3.05, 3.63) is 40.9 Å². The van der Waals surface area contributed by atoms with Crippen LogP contribution in [0.3, 0.4) is 0 Å². The highest BCUT2D eigenvalue weighted by Gasteiger charge is 2.17. The molecule has 0 saturated carbocycles. The van der Waals surface area contributed by atoms with Gasteiger partial charge >= 0.3 is 5.97 Å². The van der Waals surface area contributed by atoms with E-state index in [0.29, 0.717) is 17.2 Å². The summed E-state index contributed by atoms with van der Waals surface area (Å²) < 4.78 is 13.6. The first-order valence-electron chi connectivity index (χ1n) is 8.21. The zero-order valence-electron chi connectivity index (χ0n) is 15.1. The number of ether oxygens (including phenoxy) is 2. The van der Waals surface area contributed by atoms with Gasteiger partial charge in [-0.2, -0.15) is 0 Å². The Balaban J connectivity index is 1.85. The van der Waals surface area contributed by atoms with E-state index in [4.69, 9.17) is 9.47 Å². The van der Waals surface area contributed by atoms with Crippen molar-refractivity contribution in [3.8, 4) is 17.2 Å². The summed E-state index contributed by atoms with van der Waals surface area (Å²) in [6, 6.07) is 10.7. The number of hydrogen-bond donors (Lipinski definition) is 0. The number of fused-ring (bicyclic) bond motifs is 1. The summed E-state index contributed by atoms with van der Waals surface area (Å²) in [6.07, 6.45) is 0. The van der Waals surface area contributed by atoms with Crippen LogP contribution in [0, 0.1) is 5.41 Å². The lowest BCUT2D eigenvalue weighted by Crippen LogP contribution is -2.16. The van der Waals surface area contributed by atoms with Crippen LogP contribution in [0.15, 0.2) is 40.9 Å². The lowest BCUT2D eigenvalue weighted by molar-refractivity contribution is -0.131. The van der Waals surface area contributed by atoms with Crippen molar-refractivity contribution < 1.29 is 14.3 Å². The second-order valence-corrected chi connectivity index (χ2v) is 8.01. The second kappa shape index (κ2) is 7.07. The number of nitrogens with zero attached hydrogens (tertiary/aromatic N) is 3. The van der Waals surface area contributed by atoms with E-state index >= 15 is 0 Å². The molecule has 3 aromatic rings. The maximum absolute atomic E-state index is 11.0. The molecule has 0 bridgehead atoms. The first kappa shape index (κ1) is 18.4. The first-order chi connectivity index (χ1) is 12.2. The fraction of sp³-hybridized carbons (Fsp3) is 0.316. The van der Waals surface area contributed by atoms with Gasteiger partial charge in [-0.1, -0.05) is 26.0 Å². The maximum Gasteiger partial charge on any atom is 0.308 e. The molecular formula is C19H20BrN3O3. The molecular weight excluding hydrogens is 398 g/mol. The van der Waals surface area contributed by atoms with E-state index < -0.39 is 0 Å². The SMILES string of the molecule is CC(=O)Oc1ccc(Oc2ccc3c(nnn3CC(C)(C)C)c2Br)cc1. The van der Waals surface area contributed by atoms with Gasteiger partial charge in [0.1, 0.15) is 22.8 Å². The Kier molecular flexibility index (Phi) is 5.00. The van der Waals surface area contributed by atoms with E-state index in [0.717, 1.165) is 22.1 Å². The molecule has 0 spiro atoms. The number of benzene rings is 2. The lowest BCUT2D eigenvalue weighted by Gasteiger charge is -2.18. The Bertz CT molecular complexity index is 943. The molecule has 26 heavy (non-hydrogen) atoms. The third-order valence-electron chi connectivity index (χ3n) is 3.53. The van der Waals surface area contributed by atoms with Crippen LogP contribution in [0.1, 0.15) is 27.7 Å². The van der Waals surface area contributed by atoms with Gasteiger partial charge in [-0.05, 0) is 57.7 Å². The van der Waals surface area contributed by atoms with Crippen molar-refractivity contribution in [2.45, 2.75) is 34.2 Å². The molecule has 2 aromatic carbocycles. The number of hydrogen-bond acceptors (Lipinski definition) is 5. The summed E-state index contributed by atoms with van der Waals surface area (Å²) in [5, 5.41) is 8.54. The zero-order valence-corrected chi connectivity index (χ0v) is 16.7. The van der Waals surface area contributed by atoms with Crippen LogP contribution in [0.25, 0.3) is 11.0 Å². The van der Waals surface area contributed by atoms with Crippen LogP contribution in [0.2, 0.25) is 0 Å². The van der Waals surface area contributed by atoms with Crippen molar-refractivity contribution in [2.24, 2.45) is 5.41 Å². The maximum atomic E-state index is 11.0. The molecule has 0 atom stereocenters. The van der Waals surface area contributed by atoms with Crippen molar-refractivity contribution in [1.82, 2.24) is 15.0 Å². The van der Waals surface area contributed by atoms with Crippen LogP contribution >= 0.6 is 15.9 Å². The van der Waals surface area contributed by atoms with Gasteiger partial charge < -0.3 is 9.47 Å². The summed E-state index contributed by atoms with van der Waals surface area (Å²) in [5.74, 6) is 1.39. The molecule has 0 aliphatic rings. The molecule has 0 aliphatic heterocycles. The fourth-order valence-corrected chi connectivity index (χ4v) is 3.00. The highest BCUT2D eigenvalue weighted by atomic mass is 79.9. The van der Waals surface area contributed by atoms with Gasteiger partial charge in [-0.25, -0.2) is 4.68 Å². The predicted octanol–water partition coefficient (Wildman–Crippen LogP) is 4.96. The summed E-state index contributed by atoms with van der Waals surface area (Å²) in [5.41, 5.74) is 1.80. The summed E-state index contributed by atoms with van der Waals surface area (Å²) in [6.45, 7) is 8.61. The summed E-state index contributed by atoms with van der Waals surface area (Å²) >= 11 is 3.57. The number of esters is 1. The van der Waals surface area contributed by atoms with Crippen LogP contribution in [-0.2, 0) is 11.3 Å². The number of carbonyl (C=O) groups excluding carboxylic acids is 1. The summed E-state index contributed by atoms with van der Waals surface area (Å²) in [7, 11) is 0. The number of halogens is 1. The minimum absolute atomic E-state index is 0.103. The second-order valence-electron chi connectivity index (χ2n) is 7.22. The van der Waals surface area contributed by atoms with E-state index in [2.05, 4.69) is 47.0 Å². The van der Waals surface area contributed by atoms with E-state index in [9.17, 15) is 4.79 Å². The molecule has 0 amide bonds. The molecule has 0 N–H and O–H groups in total. The summed E-state index contributed by atoms with van der Waals surface area (Å²) in [4.78, 5) is 11.0. The van der Waals surface area contributed by atoms with Crippen LogP contribution in [0.4, 0.5) is 0 Å². The predicted molar refractivity (Wildman–Crippen MR) is 103 cm³/mol. The minimum Gasteiger partial charge on any atom is -0.456 e. The Morgan fingerprint density at radius 1 is 1.12 bits per heavy atom. The molecule has 0 unspecified atom stereocenters. The quantitative estimate of drug-likeness (QED) is 0.443. The van der Waals surface area contributed by atoms with Gasteiger partial charge in [0.15, 0.2) is 0 Å². The van der Waals surface area contributed by atoms with Crippen molar-refractivity contribution in [2.75, 3.05) is 0 Å². The smallest absolute Gasteiger partial charge is 0.308 e. The Labute approximate surface area is 160 Å². The van der Waals surface area contributed by atoms with Crippen LogP contribution < -0.4 is 9.47 Å². The molecule has 0 saturated heterocycles. The lowest BCUT2D eigenvalue weighted by atomic mass is 9.97. The van der Waals surface area contributed by atoms with E-state index in [1.165, 1.54) is 6.92 Å². The standard InChI is InChI=1S/C19H20BrN3O3/c1-12(24)25-13-5-7-14(8-6-13)26-16-10-9-15-18(17(16)20)21-22-23(15)11-19(2,3)4/h5-10H,11H2,1-4H3. The highest BCUT2D eigenvalue weighted by Crippen LogP contribution is 2.35. The fourth-order valence-electron chi connectivity index (χ4n) is 2.50. The van der Waals surface area contributed by atoms with E-state index in [-0.39, 0.29) is 11.4 Å². The Morgan fingerprint density at radius 3 is 2.38 bits per heavy atom. The molecule has 6 nitrogen and oxygen atoms in total. The van der Waals surface area contributed by atoms with Gasteiger partial charge in [-0.3, -0.25) is 4.79 Å². The van der Waals surface area contributed by atoms with Crippen molar-refractivity contribution in [1.29, 1.82) is 0 Å². The van der Waals surface area contributed by atoms with Gasteiger partial charge in [-0.15, -0.1) is 5.10 Å². The Morgan fingerprint density at radius 2 is 1.77 bits per heavy atom. The average Bonchev–Trinajstić information content (AvgIpc) is 2.93.